The topological polar surface area (TPSA) is 117 Å². The fourth-order valence-electron chi connectivity index (χ4n) is 6.76. The van der Waals surface area contributed by atoms with Gasteiger partial charge in [0.05, 0.1) is 30.0 Å². The maximum atomic E-state index is 12.8. The largest absolute Gasteiger partial charge is 0.486 e. The molecule has 1 aromatic carbocycles. The third-order valence-electron chi connectivity index (χ3n) is 8.47. The van der Waals surface area contributed by atoms with Gasteiger partial charge in [-0.25, -0.2) is 4.79 Å². The van der Waals surface area contributed by atoms with Crippen LogP contribution in [0.25, 0.3) is 10.9 Å². The van der Waals surface area contributed by atoms with E-state index in [1.165, 1.54) is 0 Å². The molecule has 2 N–H and O–H groups in total. The monoisotopic (exact) mass is 626 g/mol. The summed E-state index contributed by atoms with van der Waals surface area (Å²) in [5.74, 6) is 1.15. The summed E-state index contributed by atoms with van der Waals surface area (Å²) in [5.41, 5.74) is 0.321. The Morgan fingerprint density at radius 3 is 2.54 bits per heavy atom. The second-order valence-corrected chi connectivity index (χ2v) is 13.2. The lowest BCUT2D eigenvalue weighted by atomic mass is 9.81. The number of benzene rings is 1. The molecular weight excluding hydrogens is 592 g/mol. The molecule has 11 heteroatoms. The van der Waals surface area contributed by atoms with Crippen molar-refractivity contribution in [1.82, 2.24) is 19.4 Å². The normalized spacial score (nSPS) is 21.7. The Kier molecular flexibility index (Phi) is 7.02. The van der Waals surface area contributed by atoms with E-state index >= 15 is 0 Å². The smallest absolute Gasteiger partial charge is 0.408 e. The number of rotatable bonds is 5. The molecule has 3 aliphatic heterocycles. The van der Waals surface area contributed by atoms with Crippen LogP contribution in [0.2, 0.25) is 0 Å². The number of hydrogen-bond donors (Lipinski definition) is 2. The number of amides is 1. The fourth-order valence-corrected chi connectivity index (χ4v) is 7.45. The molecule has 0 saturated carbocycles. The Hall–Kier alpha value is -3.15. The molecule has 0 aliphatic carbocycles. The van der Waals surface area contributed by atoms with Crippen LogP contribution in [0.1, 0.15) is 50.9 Å². The molecule has 2 atom stereocenters. The van der Waals surface area contributed by atoms with Crippen molar-refractivity contribution in [2.75, 3.05) is 32.8 Å². The van der Waals surface area contributed by atoms with E-state index in [2.05, 4.69) is 25.8 Å². The van der Waals surface area contributed by atoms with Crippen molar-refractivity contribution < 1.29 is 24.5 Å². The average molecular weight is 628 g/mol. The number of β-amino-alcohol motifs (C(OH)–C–C–N with tert-alkyl or cyclic N) is 1. The minimum absolute atomic E-state index is 0.135. The molecule has 0 spiro atoms. The van der Waals surface area contributed by atoms with Crippen molar-refractivity contribution in [2.24, 2.45) is 5.41 Å². The number of ether oxygens (including phenoxy) is 2. The average Bonchev–Trinajstić information content (AvgIpc) is 3.24. The lowest BCUT2D eigenvalue weighted by Crippen LogP contribution is -2.53. The van der Waals surface area contributed by atoms with Gasteiger partial charge in [-0.3, -0.25) is 19.6 Å². The van der Waals surface area contributed by atoms with Gasteiger partial charge in [-0.1, -0.05) is 42.8 Å². The molecule has 5 heterocycles. The molecule has 3 aromatic rings. The van der Waals surface area contributed by atoms with Gasteiger partial charge in [-0.2, -0.15) is 0 Å². The zero-order valence-electron chi connectivity index (χ0n) is 23.5. The highest BCUT2D eigenvalue weighted by Gasteiger charge is 2.44. The molecule has 1 saturated heterocycles. The number of fused-ring (bicyclic) bond motifs is 1. The first-order valence-electron chi connectivity index (χ1n) is 14.0. The highest BCUT2D eigenvalue weighted by atomic mass is 79.9. The van der Waals surface area contributed by atoms with Gasteiger partial charge >= 0.3 is 6.09 Å². The maximum absolute atomic E-state index is 12.8. The first-order chi connectivity index (χ1) is 19.5. The third-order valence-corrected chi connectivity index (χ3v) is 9.13. The fraction of sp³-hybridized carbons (Fsp3) is 0.500. The van der Waals surface area contributed by atoms with Crippen molar-refractivity contribution in [3.05, 3.63) is 62.6 Å². The molecule has 1 amide bonds. The highest BCUT2D eigenvalue weighted by Crippen LogP contribution is 2.44. The minimum atomic E-state index is -1.24. The van der Waals surface area contributed by atoms with Crippen LogP contribution in [0.3, 0.4) is 0 Å². The van der Waals surface area contributed by atoms with Gasteiger partial charge in [-0.15, -0.1) is 0 Å². The van der Waals surface area contributed by atoms with E-state index in [0.29, 0.717) is 62.9 Å². The van der Waals surface area contributed by atoms with Gasteiger partial charge in [-0.05, 0) is 35.8 Å². The summed E-state index contributed by atoms with van der Waals surface area (Å²) in [6.45, 7) is 8.72. The van der Waals surface area contributed by atoms with Gasteiger partial charge in [0.15, 0.2) is 11.5 Å². The van der Waals surface area contributed by atoms with Crippen LogP contribution in [0.5, 0.6) is 11.5 Å². The molecule has 41 heavy (non-hydrogen) atoms. The lowest BCUT2D eigenvalue weighted by molar-refractivity contribution is -0.0253. The van der Waals surface area contributed by atoms with Gasteiger partial charge in [0.2, 0.25) is 0 Å². The standard InChI is InChI=1S/C30H35BrN4O6/c1-29(2,3)27(21-14-22-23(15-32-21)41-13-12-40-22)35(28(37)38)19-8-10-33(11-9-19)16-30(39)17-34-24(36)7-5-18-4-6-20(31)25(30)26(18)34/h4-7,14-15,19,27,39H,8-13,16-17H2,1-3H3,(H,37,38). The van der Waals surface area contributed by atoms with Crippen LogP contribution in [0, 0.1) is 5.41 Å². The first kappa shape index (κ1) is 28.0. The number of likely N-dealkylation sites (tertiary alicyclic amines) is 1. The van der Waals surface area contributed by atoms with Crippen molar-refractivity contribution >= 4 is 32.9 Å². The summed E-state index contributed by atoms with van der Waals surface area (Å²) >= 11 is 3.61. The number of halogens is 1. The number of piperidine rings is 1. The molecule has 6 rings (SSSR count). The molecule has 0 radical (unpaired) electrons. The Bertz CT molecular complexity index is 1560. The van der Waals surface area contributed by atoms with Crippen LogP contribution < -0.4 is 15.0 Å². The summed E-state index contributed by atoms with van der Waals surface area (Å²) in [6.07, 6.45) is 1.85. The van der Waals surface area contributed by atoms with Gasteiger partial charge < -0.3 is 24.3 Å². The number of carboxylic acid groups (broad SMARTS) is 1. The SMILES string of the molecule is CC(C)(C)C(c1cc2c(cn1)OCCO2)N(C(=O)O)C1CCN(CC2(O)Cn3c(=O)ccc4ccc(Br)c2c43)CC1. The van der Waals surface area contributed by atoms with Gasteiger partial charge in [0.1, 0.15) is 18.8 Å². The number of hydrogen-bond acceptors (Lipinski definition) is 7. The summed E-state index contributed by atoms with van der Waals surface area (Å²) < 4.78 is 13.8. The number of carbonyl (C=O) groups is 1. The van der Waals surface area contributed by atoms with E-state index < -0.39 is 23.2 Å². The van der Waals surface area contributed by atoms with Crippen LogP contribution >= 0.6 is 15.9 Å². The molecule has 2 aromatic heterocycles. The van der Waals surface area contributed by atoms with Crippen LogP contribution in [-0.2, 0) is 12.1 Å². The quantitative estimate of drug-likeness (QED) is 0.429. The van der Waals surface area contributed by atoms with E-state index in [0.717, 1.165) is 20.9 Å². The van der Waals surface area contributed by atoms with Crippen molar-refractivity contribution in [2.45, 2.75) is 57.8 Å². The predicted octanol–water partition coefficient (Wildman–Crippen LogP) is 4.36. The minimum Gasteiger partial charge on any atom is -0.486 e. The van der Waals surface area contributed by atoms with Crippen molar-refractivity contribution in [1.29, 1.82) is 0 Å². The Morgan fingerprint density at radius 2 is 1.85 bits per heavy atom. The first-order valence-corrected chi connectivity index (χ1v) is 14.8. The molecule has 10 nitrogen and oxygen atoms in total. The molecule has 3 aliphatic rings. The maximum Gasteiger partial charge on any atom is 0.408 e. The highest BCUT2D eigenvalue weighted by molar-refractivity contribution is 9.10. The molecule has 0 bridgehead atoms. The van der Waals surface area contributed by atoms with Crippen molar-refractivity contribution in [3.8, 4) is 11.5 Å². The Balaban J connectivity index is 1.22. The van der Waals surface area contributed by atoms with Gasteiger partial charge in [0, 0.05) is 47.8 Å². The summed E-state index contributed by atoms with van der Waals surface area (Å²) in [6, 6.07) is 8.28. The van der Waals surface area contributed by atoms with E-state index in [9.17, 15) is 19.8 Å². The lowest BCUT2D eigenvalue weighted by Gasteiger charge is -2.46. The van der Waals surface area contributed by atoms with Crippen LogP contribution in [0.4, 0.5) is 4.79 Å². The number of aliphatic hydroxyl groups is 1. The molecule has 1 fully saturated rings. The second kappa shape index (κ2) is 10.3. The van der Waals surface area contributed by atoms with Crippen molar-refractivity contribution in [3.63, 3.8) is 0 Å². The Labute approximate surface area is 246 Å². The van der Waals surface area contributed by atoms with E-state index in [-0.39, 0.29) is 18.1 Å². The van der Waals surface area contributed by atoms with Crippen LogP contribution in [0.15, 0.2) is 45.8 Å². The Morgan fingerprint density at radius 1 is 1.17 bits per heavy atom. The predicted molar refractivity (Wildman–Crippen MR) is 157 cm³/mol. The number of nitrogens with zero attached hydrogens (tertiary/aromatic N) is 4. The summed E-state index contributed by atoms with van der Waals surface area (Å²) in [5, 5.41) is 23.3. The van der Waals surface area contributed by atoms with Crippen LogP contribution in [-0.4, -0.2) is 74.5 Å². The number of aromatic nitrogens is 2. The molecular formula is C30H35BrN4O6. The van der Waals surface area contributed by atoms with E-state index in [1.807, 2.05) is 39.0 Å². The van der Waals surface area contributed by atoms with Gasteiger partial charge in [0.25, 0.3) is 5.56 Å². The summed E-state index contributed by atoms with van der Waals surface area (Å²) in [4.78, 5) is 33.8. The second-order valence-electron chi connectivity index (χ2n) is 12.4. The molecule has 218 valence electrons. The third kappa shape index (κ3) is 4.97. The summed E-state index contributed by atoms with van der Waals surface area (Å²) in [7, 11) is 0. The number of pyridine rings is 2. The molecule has 2 unspecified atom stereocenters. The van der Waals surface area contributed by atoms with E-state index in [4.69, 9.17) is 9.47 Å². The zero-order valence-corrected chi connectivity index (χ0v) is 25.1. The zero-order chi connectivity index (χ0) is 29.1. The van der Waals surface area contributed by atoms with E-state index in [1.54, 1.807) is 27.8 Å².